The van der Waals surface area contributed by atoms with E-state index in [1.165, 1.54) is 30.4 Å². The fourth-order valence-electron chi connectivity index (χ4n) is 3.26. The molecule has 1 aromatic carbocycles. The molecule has 0 fully saturated rings. The predicted molar refractivity (Wildman–Crippen MR) is 81.8 cm³/mol. The van der Waals surface area contributed by atoms with Crippen molar-refractivity contribution in [1.82, 2.24) is 5.32 Å². The Hall–Kier alpha value is -1.54. The highest BCUT2D eigenvalue weighted by Crippen LogP contribution is 2.30. The van der Waals surface area contributed by atoms with E-state index in [0.717, 1.165) is 18.7 Å². The Morgan fingerprint density at radius 1 is 1.15 bits per heavy atom. The molecule has 0 radical (unpaired) electrons. The molecule has 0 saturated heterocycles. The van der Waals surface area contributed by atoms with Crippen LogP contribution in [0.3, 0.4) is 0 Å². The molecule has 0 saturated carbocycles. The lowest BCUT2D eigenvalue weighted by molar-refractivity contribution is 0.340. The molecule has 1 aliphatic rings. The SMILES string of the molecule is CCCNC(Cc1ccco1)C1Cc2ccccc2C1. The van der Waals surface area contributed by atoms with Gasteiger partial charge in [-0.15, -0.1) is 0 Å². The lowest BCUT2D eigenvalue weighted by Gasteiger charge is -2.24. The molecule has 106 valence electrons. The van der Waals surface area contributed by atoms with Gasteiger partial charge in [0.25, 0.3) is 0 Å². The van der Waals surface area contributed by atoms with E-state index < -0.39 is 0 Å². The number of hydrogen-bond donors (Lipinski definition) is 1. The largest absolute Gasteiger partial charge is 0.469 e. The minimum Gasteiger partial charge on any atom is -0.469 e. The van der Waals surface area contributed by atoms with Crippen LogP contribution in [-0.4, -0.2) is 12.6 Å². The number of rotatable bonds is 6. The molecule has 1 aliphatic carbocycles. The van der Waals surface area contributed by atoms with Crippen LogP contribution < -0.4 is 5.32 Å². The molecule has 1 N–H and O–H groups in total. The third-order valence-corrected chi connectivity index (χ3v) is 4.31. The van der Waals surface area contributed by atoms with Crippen LogP contribution in [0.4, 0.5) is 0 Å². The number of nitrogens with one attached hydrogen (secondary N) is 1. The molecule has 2 heteroatoms. The molecule has 0 amide bonds. The van der Waals surface area contributed by atoms with Crippen LogP contribution in [0.15, 0.2) is 47.1 Å². The Bertz CT molecular complexity index is 507. The van der Waals surface area contributed by atoms with Crippen LogP contribution in [0.25, 0.3) is 0 Å². The zero-order valence-corrected chi connectivity index (χ0v) is 12.1. The quantitative estimate of drug-likeness (QED) is 0.866. The van der Waals surface area contributed by atoms with E-state index in [1.54, 1.807) is 6.26 Å². The summed E-state index contributed by atoms with van der Waals surface area (Å²) in [5, 5.41) is 3.72. The molecule has 2 nitrogen and oxygen atoms in total. The van der Waals surface area contributed by atoms with E-state index in [2.05, 4.69) is 42.6 Å². The molecule has 1 unspecified atom stereocenters. The average molecular weight is 269 g/mol. The van der Waals surface area contributed by atoms with Crippen molar-refractivity contribution in [1.29, 1.82) is 0 Å². The second-order valence-corrected chi connectivity index (χ2v) is 5.78. The first-order valence-electron chi connectivity index (χ1n) is 7.69. The van der Waals surface area contributed by atoms with Gasteiger partial charge in [-0.3, -0.25) is 0 Å². The first kappa shape index (κ1) is 13.4. The monoisotopic (exact) mass is 269 g/mol. The minimum absolute atomic E-state index is 0.508. The number of furan rings is 1. The highest BCUT2D eigenvalue weighted by Gasteiger charge is 2.28. The van der Waals surface area contributed by atoms with E-state index >= 15 is 0 Å². The van der Waals surface area contributed by atoms with E-state index in [0.29, 0.717) is 12.0 Å². The molecule has 0 spiro atoms. The van der Waals surface area contributed by atoms with Crippen LogP contribution in [0.5, 0.6) is 0 Å². The summed E-state index contributed by atoms with van der Waals surface area (Å²) in [5.41, 5.74) is 3.06. The summed E-state index contributed by atoms with van der Waals surface area (Å²) in [4.78, 5) is 0. The second kappa shape index (κ2) is 6.27. The molecule has 1 aromatic heterocycles. The zero-order chi connectivity index (χ0) is 13.8. The Kier molecular flexibility index (Phi) is 4.22. The molecule has 0 aliphatic heterocycles. The number of fused-ring (bicyclic) bond motifs is 1. The molecule has 20 heavy (non-hydrogen) atoms. The summed E-state index contributed by atoms with van der Waals surface area (Å²) >= 11 is 0. The normalized spacial score (nSPS) is 16.2. The van der Waals surface area contributed by atoms with Gasteiger partial charge in [0, 0.05) is 12.5 Å². The maximum absolute atomic E-state index is 5.54. The van der Waals surface area contributed by atoms with Crippen molar-refractivity contribution < 1.29 is 4.42 Å². The maximum Gasteiger partial charge on any atom is 0.105 e. The Morgan fingerprint density at radius 3 is 2.50 bits per heavy atom. The van der Waals surface area contributed by atoms with Gasteiger partial charge in [-0.2, -0.15) is 0 Å². The van der Waals surface area contributed by atoms with E-state index in [9.17, 15) is 0 Å². The van der Waals surface area contributed by atoms with Crippen molar-refractivity contribution in [2.45, 2.75) is 38.6 Å². The molecular weight excluding hydrogens is 246 g/mol. The van der Waals surface area contributed by atoms with Gasteiger partial charge in [-0.05, 0) is 55.0 Å². The van der Waals surface area contributed by atoms with Crippen molar-refractivity contribution in [3.05, 3.63) is 59.5 Å². The van der Waals surface area contributed by atoms with Crippen molar-refractivity contribution in [3.63, 3.8) is 0 Å². The molecule has 1 heterocycles. The smallest absolute Gasteiger partial charge is 0.105 e. The van der Waals surface area contributed by atoms with Crippen molar-refractivity contribution in [3.8, 4) is 0 Å². The van der Waals surface area contributed by atoms with E-state index in [1.807, 2.05) is 6.07 Å². The van der Waals surface area contributed by atoms with Gasteiger partial charge in [0.1, 0.15) is 5.76 Å². The summed E-state index contributed by atoms with van der Waals surface area (Å²) < 4.78 is 5.54. The summed E-state index contributed by atoms with van der Waals surface area (Å²) in [7, 11) is 0. The fourth-order valence-corrected chi connectivity index (χ4v) is 3.26. The maximum atomic E-state index is 5.54. The van der Waals surface area contributed by atoms with Gasteiger partial charge in [-0.1, -0.05) is 31.2 Å². The molecule has 0 bridgehead atoms. The number of benzene rings is 1. The van der Waals surface area contributed by atoms with Gasteiger partial charge in [0.2, 0.25) is 0 Å². The fraction of sp³-hybridized carbons (Fsp3) is 0.444. The first-order valence-corrected chi connectivity index (χ1v) is 7.69. The van der Waals surface area contributed by atoms with Gasteiger partial charge < -0.3 is 9.73 Å². The molecule has 1 atom stereocenters. The summed E-state index contributed by atoms with van der Waals surface area (Å²) in [6.07, 6.45) is 6.33. The molecule has 3 rings (SSSR count). The summed E-state index contributed by atoms with van der Waals surface area (Å²) in [6, 6.07) is 13.4. The van der Waals surface area contributed by atoms with Crippen LogP contribution in [0, 0.1) is 5.92 Å². The standard InChI is InChI=1S/C18H23NO/c1-2-9-19-18(13-17-8-5-10-20-17)16-11-14-6-3-4-7-15(14)12-16/h3-8,10,16,18-19H,2,9,11-13H2,1H3. The molecule has 2 aromatic rings. The Morgan fingerprint density at radius 2 is 1.90 bits per heavy atom. The first-order chi connectivity index (χ1) is 9.86. The van der Waals surface area contributed by atoms with Crippen molar-refractivity contribution in [2.24, 2.45) is 5.92 Å². The summed E-state index contributed by atoms with van der Waals surface area (Å²) in [5.74, 6) is 1.78. The Labute approximate surface area is 121 Å². The summed E-state index contributed by atoms with van der Waals surface area (Å²) in [6.45, 7) is 3.30. The van der Waals surface area contributed by atoms with Crippen molar-refractivity contribution >= 4 is 0 Å². The van der Waals surface area contributed by atoms with Crippen LogP contribution in [0.2, 0.25) is 0 Å². The highest BCUT2D eigenvalue weighted by molar-refractivity contribution is 5.32. The Balaban J connectivity index is 1.70. The second-order valence-electron chi connectivity index (χ2n) is 5.78. The van der Waals surface area contributed by atoms with Crippen molar-refractivity contribution in [2.75, 3.05) is 6.54 Å². The van der Waals surface area contributed by atoms with Gasteiger partial charge >= 0.3 is 0 Å². The average Bonchev–Trinajstić information content (AvgIpc) is 3.12. The van der Waals surface area contributed by atoms with Crippen LogP contribution in [0.1, 0.15) is 30.2 Å². The lowest BCUT2D eigenvalue weighted by Crippen LogP contribution is -2.39. The minimum atomic E-state index is 0.508. The predicted octanol–water partition coefficient (Wildman–Crippen LogP) is 3.61. The third kappa shape index (κ3) is 2.96. The van der Waals surface area contributed by atoms with Crippen LogP contribution in [-0.2, 0) is 19.3 Å². The zero-order valence-electron chi connectivity index (χ0n) is 12.1. The van der Waals surface area contributed by atoms with Crippen LogP contribution >= 0.6 is 0 Å². The van der Waals surface area contributed by atoms with Gasteiger partial charge in [0.05, 0.1) is 6.26 Å². The van der Waals surface area contributed by atoms with E-state index in [4.69, 9.17) is 4.42 Å². The molecular formula is C18H23NO. The topological polar surface area (TPSA) is 25.2 Å². The lowest BCUT2D eigenvalue weighted by atomic mass is 9.93. The highest BCUT2D eigenvalue weighted by atomic mass is 16.3. The van der Waals surface area contributed by atoms with Gasteiger partial charge in [-0.25, -0.2) is 0 Å². The van der Waals surface area contributed by atoms with Gasteiger partial charge in [0.15, 0.2) is 0 Å². The van der Waals surface area contributed by atoms with E-state index in [-0.39, 0.29) is 0 Å². The number of hydrogen-bond acceptors (Lipinski definition) is 2. The third-order valence-electron chi connectivity index (χ3n) is 4.31.